The summed E-state index contributed by atoms with van der Waals surface area (Å²) in [5.74, 6) is 0. The van der Waals surface area contributed by atoms with Gasteiger partial charge in [0.2, 0.25) is 0 Å². The fourth-order valence-electron chi connectivity index (χ4n) is 2.77. The predicted molar refractivity (Wildman–Crippen MR) is 138 cm³/mol. The normalized spacial score (nSPS) is 8.90. The molecule has 3 aromatic carbocycles. The second-order valence-electron chi connectivity index (χ2n) is 6.06. The summed E-state index contributed by atoms with van der Waals surface area (Å²) >= 11 is 0. The van der Waals surface area contributed by atoms with Crippen LogP contribution in [0.25, 0.3) is 0 Å². The third-order valence-corrected chi connectivity index (χ3v) is 4.29. The Bertz CT molecular complexity index is 815. The largest absolute Gasteiger partial charge is 0.328 e. The highest BCUT2D eigenvalue weighted by molar-refractivity contribution is 6.02. The van der Waals surface area contributed by atoms with E-state index in [1.54, 1.807) is 23.9 Å². The average molecular weight is 421 g/mol. The Labute approximate surface area is 190 Å². The Balaban J connectivity index is 0.00000138. The fraction of sp³-hybridized carbons (Fsp3) is 0.321. The van der Waals surface area contributed by atoms with Crippen molar-refractivity contribution in [1.29, 1.82) is 0 Å². The third kappa shape index (κ3) is 9.08. The Morgan fingerprint density at radius 2 is 0.903 bits per heavy atom. The first-order valence-electron chi connectivity index (χ1n) is 11.3. The van der Waals surface area contributed by atoms with Gasteiger partial charge in [-0.3, -0.25) is 9.80 Å². The number of anilines is 2. The van der Waals surface area contributed by atoms with Gasteiger partial charge in [-0.25, -0.2) is 4.79 Å². The molecule has 3 heteroatoms. The SMILES string of the molecule is CC.CC.CC.CN(C(=O)N(C)c1ccc(Cc2ccccc2)cc1)c1ccccc1. The minimum absolute atomic E-state index is 0.0676. The van der Waals surface area contributed by atoms with Crippen molar-refractivity contribution < 1.29 is 4.79 Å². The van der Waals surface area contributed by atoms with Gasteiger partial charge in [-0.2, -0.15) is 0 Å². The van der Waals surface area contributed by atoms with Gasteiger partial charge in [-0.15, -0.1) is 0 Å². The van der Waals surface area contributed by atoms with Gasteiger partial charge in [-0.1, -0.05) is 102 Å². The maximum atomic E-state index is 12.7. The lowest BCUT2D eigenvalue weighted by Crippen LogP contribution is -2.38. The van der Waals surface area contributed by atoms with E-state index in [-0.39, 0.29) is 6.03 Å². The molecule has 0 aromatic heterocycles. The van der Waals surface area contributed by atoms with Crippen molar-refractivity contribution >= 4 is 17.4 Å². The van der Waals surface area contributed by atoms with E-state index < -0.39 is 0 Å². The third-order valence-electron chi connectivity index (χ3n) is 4.29. The molecule has 168 valence electrons. The van der Waals surface area contributed by atoms with Crippen molar-refractivity contribution in [3.8, 4) is 0 Å². The summed E-state index contributed by atoms with van der Waals surface area (Å²) < 4.78 is 0. The van der Waals surface area contributed by atoms with E-state index >= 15 is 0 Å². The molecule has 0 saturated carbocycles. The zero-order valence-electron chi connectivity index (χ0n) is 20.6. The van der Waals surface area contributed by atoms with E-state index in [1.807, 2.05) is 90.1 Å². The van der Waals surface area contributed by atoms with Crippen molar-refractivity contribution in [1.82, 2.24) is 0 Å². The summed E-state index contributed by atoms with van der Waals surface area (Å²) in [7, 11) is 3.59. The summed E-state index contributed by atoms with van der Waals surface area (Å²) in [4.78, 5) is 16.0. The molecule has 0 fully saturated rings. The highest BCUT2D eigenvalue weighted by atomic mass is 16.2. The van der Waals surface area contributed by atoms with Crippen LogP contribution in [-0.2, 0) is 6.42 Å². The summed E-state index contributed by atoms with van der Waals surface area (Å²) in [6.07, 6.45) is 0.892. The number of para-hydroxylation sites is 1. The minimum atomic E-state index is -0.0676. The molecular weight excluding hydrogens is 380 g/mol. The number of urea groups is 1. The number of carbonyl (C=O) groups excluding carboxylic acids is 1. The molecule has 3 nitrogen and oxygen atoms in total. The van der Waals surface area contributed by atoms with Crippen molar-refractivity contribution in [3.63, 3.8) is 0 Å². The lowest BCUT2D eigenvalue weighted by atomic mass is 10.0. The van der Waals surface area contributed by atoms with Crippen LogP contribution in [0.2, 0.25) is 0 Å². The summed E-state index contributed by atoms with van der Waals surface area (Å²) in [6.45, 7) is 12.0. The number of benzene rings is 3. The van der Waals surface area contributed by atoms with E-state index in [4.69, 9.17) is 0 Å². The molecule has 0 atom stereocenters. The van der Waals surface area contributed by atoms with Gasteiger partial charge >= 0.3 is 6.03 Å². The highest BCUT2D eigenvalue weighted by Crippen LogP contribution is 2.19. The van der Waals surface area contributed by atoms with E-state index in [1.165, 1.54) is 11.1 Å². The van der Waals surface area contributed by atoms with Crippen LogP contribution >= 0.6 is 0 Å². The molecule has 0 spiro atoms. The standard InChI is InChI=1S/C22H22N2O.3C2H6/c1-23(20-11-7-4-8-12-20)22(25)24(2)21-15-13-19(14-16-21)17-18-9-5-3-6-10-18;3*1-2/h3-16H,17H2,1-2H3;3*1-2H3. The predicted octanol–water partition coefficient (Wildman–Crippen LogP) is 8.05. The molecule has 0 heterocycles. The molecule has 0 unspecified atom stereocenters. The van der Waals surface area contributed by atoms with Gasteiger partial charge in [0, 0.05) is 25.5 Å². The number of amides is 2. The molecule has 0 bridgehead atoms. The van der Waals surface area contributed by atoms with Gasteiger partial charge in [0.05, 0.1) is 0 Å². The number of carbonyl (C=O) groups is 1. The Morgan fingerprint density at radius 3 is 1.35 bits per heavy atom. The second-order valence-corrected chi connectivity index (χ2v) is 6.06. The van der Waals surface area contributed by atoms with Crippen LogP contribution in [-0.4, -0.2) is 20.1 Å². The molecule has 0 aliphatic carbocycles. The minimum Gasteiger partial charge on any atom is -0.297 e. The zero-order chi connectivity index (χ0) is 23.6. The highest BCUT2D eigenvalue weighted by Gasteiger charge is 2.16. The molecule has 0 radical (unpaired) electrons. The summed E-state index contributed by atoms with van der Waals surface area (Å²) in [6, 6.07) is 28.1. The fourth-order valence-corrected chi connectivity index (χ4v) is 2.77. The van der Waals surface area contributed by atoms with E-state index in [0.29, 0.717) is 0 Å². The lowest BCUT2D eigenvalue weighted by Gasteiger charge is -2.25. The molecule has 31 heavy (non-hydrogen) atoms. The first-order chi connectivity index (χ1) is 15.1. The molecule has 3 rings (SSSR count). The van der Waals surface area contributed by atoms with Crippen LogP contribution in [0, 0.1) is 0 Å². The molecular formula is C28H40N2O. The maximum absolute atomic E-state index is 12.7. The molecule has 0 aliphatic rings. The number of hydrogen-bond acceptors (Lipinski definition) is 1. The summed E-state index contributed by atoms with van der Waals surface area (Å²) in [5, 5.41) is 0. The Kier molecular flexibility index (Phi) is 15.0. The summed E-state index contributed by atoms with van der Waals surface area (Å²) in [5.41, 5.74) is 4.26. The molecule has 0 aliphatic heterocycles. The Hall–Kier alpha value is -3.07. The van der Waals surface area contributed by atoms with Crippen molar-refractivity contribution in [2.24, 2.45) is 0 Å². The average Bonchev–Trinajstić information content (AvgIpc) is 2.88. The number of hydrogen-bond donors (Lipinski definition) is 0. The van der Waals surface area contributed by atoms with Gasteiger partial charge in [0.15, 0.2) is 0 Å². The number of nitrogens with zero attached hydrogens (tertiary/aromatic N) is 2. The van der Waals surface area contributed by atoms with Gasteiger partial charge in [-0.05, 0) is 41.8 Å². The molecule has 0 N–H and O–H groups in total. The van der Waals surface area contributed by atoms with Crippen LogP contribution in [0.1, 0.15) is 52.7 Å². The second kappa shape index (κ2) is 16.7. The monoisotopic (exact) mass is 420 g/mol. The van der Waals surface area contributed by atoms with Crippen LogP contribution < -0.4 is 9.80 Å². The van der Waals surface area contributed by atoms with Crippen molar-refractivity contribution in [2.75, 3.05) is 23.9 Å². The van der Waals surface area contributed by atoms with Crippen molar-refractivity contribution in [2.45, 2.75) is 48.0 Å². The molecule has 3 aromatic rings. The van der Waals surface area contributed by atoms with Gasteiger partial charge < -0.3 is 0 Å². The van der Waals surface area contributed by atoms with E-state index in [0.717, 1.165) is 17.8 Å². The number of rotatable bonds is 4. The molecule has 0 saturated heterocycles. The van der Waals surface area contributed by atoms with E-state index in [9.17, 15) is 4.79 Å². The first kappa shape index (κ1) is 27.9. The maximum Gasteiger partial charge on any atom is 0.328 e. The van der Waals surface area contributed by atoms with Crippen LogP contribution in [0.3, 0.4) is 0 Å². The first-order valence-corrected chi connectivity index (χ1v) is 11.3. The van der Waals surface area contributed by atoms with Crippen LogP contribution in [0.15, 0.2) is 84.9 Å². The zero-order valence-corrected chi connectivity index (χ0v) is 20.6. The van der Waals surface area contributed by atoms with Gasteiger partial charge in [0.25, 0.3) is 0 Å². The van der Waals surface area contributed by atoms with Crippen LogP contribution in [0.4, 0.5) is 16.2 Å². The van der Waals surface area contributed by atoms with E-state index in [2.05, 4.69) is 36.4 Å². The smallest absolute Gasteiger partial charge is 0.297 e. The lowest BCUT2D eigenvalue weighted by molar-refractivity contribution is 0.253. The Morgan fingerprint density at radius 1 is 0.548 bits per heavy atom. The van der Waals surface area contributed by atoms with Crippen molar-refractivity contribution in [3.05, 3.63) is 96.1 Å². The topological polar surface area (TPSA) is 23.6 Å². The molecule has 2 amide bonds. The van der Waals surface area contributed by atoms with Crippen LogP contribution in [0.5, 0.6) is 0 Å². The van der Waals surface area contributed by atoms with Gasteiger partial charge in [0.1, 0.15) is 0 Å². The quantitative estimate of drug-likeness (QED) is 0.419.